The third-order valence-electron chi connectivity index (χ3n) is 4.53. The summed E-state index contributed by atoms with van der Waals surface area (Å²) in [6.45, 7) is 7.82. The second-order valence-electron chi connectivity index (χ2n) is 7.66. The lowest BCUT2D eigenvalue weighted by Gasteiger charge is -2.21. The maximum Gasteiger partial charge on any atom is 0.412 e. The number of rotatable bonds is 3. The summed E-state index contributed by atoms with van der Waals surface area (Å²) in [5.74, 6) is 0.479. The van der Waals surface area contributed by atoms with Crippen LogP contribution >= 0.6 is 11.6 Å². The first-order valence-electron chi connectivity index (χ1n) is 8.94. The number of halogens is 1. The van der Waals surface area contributed by atoms with E-state index in [0.29, 0.717) is 17.3 Å². The second-order valence-corrected chi connectivity index (χ2v) is 8.09. The Bertz CT molecular complexity index is 795. The summed E-state index contributed by atoms with van der Waals surface area (Å²) < 4.78 is 5.50. The van der Waals surface area contributed by atoms with Gasteiger partial charge in [0.1, 0.15) is 0 Å². The third kappa shape index (κ3) is 4.50. The molecule has 0 saturated carbocycles. The number of fused-ring (bicyclic) bond motifs is 1. The molecule has 0 aromatic heterocycles. The molecule has 0 aliphatic carbocycles. The smallest absolute Gasteiger partial charge is 0.408 e. The lowest BCUT2D eigenvalue weighted by Crippen LogP contribution is -2.27. The highest BCUT2D eigenvalue weighted by molar-refractivity contribution is 6.31. The molecule has 0 saturated heterocycles. The average molecular weight is 373 g/mol. The fourth-order valence-electron chi connectivity index (χ4n) is 3.04. The molecular weight excluding hydrogens is 348 g/mol. The first-order chi connectivity index (χ1) is 12.3. The van der Waals surface area contributed by atoms with Crippen LogP contribution in [0.2, 0.25) is 5.02 Å². The molecule has 5 heteroatoms. The quantitative estimate of drug-likeness (QED) is 0.770. The van der Waals surface area contributed by atoms with Crippen molar-refractivity contribution in [2.75, 3.05) is 11.9 Å². The molecule has 2 N–H and O–H groups in total. The fourth-order valence-corrected chi connectivity index (χ4v) is 3.27. The molecule has 1 amide bonds. The molecule has 1 aliphatic rings. The summed E-state index contributed by atoms with van der Waals surface area (Å²) in [7, 11) is 0. The van der Waals surface area contributed by atoms with Crippen LogP contribution in [0.3, 0.4) is 0 Å². The highest BCUT2D eigenvalue weighted by Crippen LogP contribution is 2.35. The molecule has 138 valence electrons. The van der Waals surface area contributed by atoms with Crippen molar-refractivity contribution in [2.45, 2.75) is 45.6 Å². The molecule has 0 atom stereocenters. The second kappa shape index (κ2) is 7.58. The van der Waals surface area contributed by atoms with Crippen LogP contribution in [0, 0.1) is 0 Å². The van der Waals surface area contributed by atoms with Crippen molar-refractivity contribution in [3.05, 3.63) is 58.1 Å². The number of hydrogen-bond donors (Lipinski definition) is 2. The summed E-state index contributed by atoms with van der Waals surface area (Å²) in [5.41, 5.74) is 4.36. The van der Waals surface area contributed by atoms with Crippen molar-refractivity contribution in [1.29, 1.82) is 0 Å². The molecule has 0 unspecified atom stereocenters. The highest BCUT2D eigenvalue weighted by Gasteiger charge is 2.18. The number of carbonyl (C=O) groups excluding carboxylic acids is 1. The number of ether oxygens (including phenoxy) is 1. The highest BCUT2D eigenvalue weighted by atomic mass is 35.5. The van der Waals surface area contributed by atoms with Crippen molar-refractivity contribution in [3.63, 3.8) is 0 Å². The maximum absolute atomic E-state index is 12.2. The zero-order valence-corrected chi connectivity index (χ0v) is 16.2. The zero-order valence-electron chi connectivity index (χ0n) is 15.5. The van der Waals surface area contributed by atoms with Gasteiger partial charge in [0.25, 0.3) is 0 Å². The van der Waals surface area contributed by atoms with Gasteiger partial charge in [-0.2, -0.15) is 0 Å². The van der Waals surface area contributed by atoms with Crippen molar-refractivity contribution in [3.8, 4) is 5.75 Å². The van der Waals surface area contributed by atoms with Crippen molar-refractivity contribution in [1.82, 2.24) is 5.32 Å². The van der Waals surface area contributed by atoms with E-state index in [1.54, 1.807) is 6.07 Å². The van der Waals surface area contributed by atoms with Crippen LogP contribution in [0.1, 0.15) is 43.9 Å². The minimum Gasteiger partial charge on any atom is -0.408 e. The predicted octanol–water partition coefficient (Wildman–Crippen LogP) is 5.28. The van der Waals surface area contributed by atoms with Crippen LogP contribution in [0.5, 0.6) is 5.75 Å². The summed E-state index contributed by atoms with van der Waals surface area (Å²) in [4.78, 5) is 12.2. The van der Waals surface area contributed by atoms with Gasteiger partial charge < -0.3 is 15.4 Å². The molecule has 1 aliphatic heterocycles. The Labute approximate surface area is 159 Å². The Kier molecular flexibility index (Phi) is 5.42. The van der Waals surface area contributed by atoms with E-state index in [-0.39, 0.29) is 5.41 Å². The Morgan fingerprint density at radius 1 is 1.23 bits per heavy atom. The molecule has 0 spiro atoms. The van der Waals surface area contributed by atoms with Gasteiger partial charge >= 0.3 is 6.09 Å². The fraction of sp³-hybridized carbons (Fsp3) is 0.381. The van der Waals surface area contributed by atoms with Crippen molar-refractivity contribution in [2.24, 2.45) is 0 Å². The molecule has 0 bridgehead atoms. The predicted molar refractivity (Wildman–Crippen MR) is 106 cm³/mol. The maximum atomic E-state index is 12.2. The lowest BCUT2D eigenvalue weighted by atomic mass is 9.87. The molecule has 3 rings (SSSR count). The number of benzene rings is 2. The van der Waals surface area contributed by atoms with Gasteiger partial charge in [0.2, 0.25) is 0 Å². The Balaban J connectivity index is 1.62. The minimum absolute atomic E-state index is 0.115. The standard InChI is InChI=1S/C21H25ClN2O2/c1-21(2,3)16-8-6-14(7-9-16)13-24-20(25)26-18-12-17(22)11-15-5-4-10-23-19(15)18/h6-9,11-12,23H,4-5,10,13H2,1-3H3,(H,24,25). The third-order valence-corrected chi connectivity index (χ3v) is 4.75. The number of amides is 1. The van der Waals surface area contributed by atoms with Crippen LogP contribution in [-0.2, 0) is 18.4 Å². The van der Waals surface area contributed by atoms with Crippen LogP contribution < -0.4 is 15.4 Å². The van der Waals surface area contributed by atoms with Gasteiger partial charge in [-0.1, -0.05) is 56.6 Å². The average Bonchev–Trinajstić information content (AvgIpc) is 2.59. The van der Waals surface area contributed by atoms with E-state index in [2.05, 4.69) is 43.5 Å². The van der Waals surface area contributed by atoms with Crippen LogP contribution in [0.15, 0.2) is 36.4 Å². The zero-order chi connectivity index (χ0) is 18.7. The van der Waals surface area contributed by atoms with E-state index in [1.807, 2.05) is 18.2 Å². The normalized spacial score (nSPS) is 13.5. The summed E-state index contributed by atoms with van der Waals surface area (Å²) in [6, 6.07) is 11.9. The molecule has 4 nitrogen and oxygen atoms in total. The Hall–Kier alpha value is -2.20. The SMILES string of the molecule is CC(C)(C)c1ccc(CNC(=O)Oc2cc(Cl)cc3c2NCCC3)cc1. The summed E-state index contributed by atoms with van der Waals surface area (Å²) >= 11 is 6.15. The van der Waals surface area contributed by atoms with E-state index >= 15 is 0 Å². The first kappa shape index (κ1) is 18.6. The van der Waals surface area contributed by atoms with Gasteiger partial charge in [-0.3, -0.25) is 0 Å². The van der Waals surface area contributed by atoms with E-state index in [1.165, 1.54) is 5.56 Å². The Morgan fingerprint density at radius 2 is 1.96 bits per heavy atom. The van der Waals surface area contributed by atoms with Gasteiger partial charge in [-0.25, -0.2) is 4.79 Å². The Morgan fingerprint density at radius 3 is 2.65 bits per heavy atom. The van der Waals surface area contributed by atoms with Gasteiger partial charge in [0.15, 0.2) is 5.75 Å². The summed E-state index contributed by atoms with van der Waals surface area (Å²) in [6.07, 6.45) is 1.49. The van der Waals surface area contributed by atoms with Crippen molar-refractivity contribution >= 4 is 23.4 Å². The largest absolute Gasteiger partial charge is 0.412 e. The number of hydrogen-bond acceptors (Lipinski definition) is 3. The first-order valence-corrected chi connectivity index (χ1v) is 9.32. The van der Waals surface area contributed by atoms with Crippen molar-refractivity contribution < 1.29 is 9.53 Å². The van der Waals surface area contributed by atoms with Crippen LogP contribution in [0.25, 0.3) is 0 Å². The molecule has 2 aromatic rings. The van der Waals surface area contributed by atoms with Gasteiger partial charge in [0.05, 0.1) is 5.69 Å². The van der Waals surface area contributed by atoms with E-state index in [4.69, 9.17) is 16.3 Å². The van der Waals surface area contributed by atoms with Gasteiger partial charge in [0, 0.05) is 24.2 Å². The number of aryl methyl sites for hydroxylation is 1. The van der Waals surface area contributed by atoms with E-state index < -0.39 is 6.09 Å². The molecule has 0 radical (unpaired) electrons. The lowest BCUT2D eigenvalue weighted by molar-refractivity contribution is 0.200. The molecule has 0 fully saturated rings. The minimum atomic E-state index is -0.485. The molecule has 26 heavy (non-hydrogen) atoms. The van der Waals surface area contributed by atoms with Gasteiger partial charge in [-0.15, -0.1) is 0 Å². The van der Waals surface area contributed by atoms with E-state index in [0.717, 1.165) is 36.2 Å². The number of nitrogens with one attached hydrogen (secondary N) is 2. The monoisotopic (exact) mass is 372 g/mol. The summed E-state index contributed by atoms with van der Waals surface area (Å²) in [5, 5.41) is 6.67. The number of anilines is 1. The van der Waals surface area contributed by atoms with E-state index in [9.17, 15) is 4.79 Å². The molecule has 2 aromatic carbocycles. The molecular formula is C21H25ClN2O2. The topological polar surface area (TPSA) is 50.4 Å². The van der Waals surface area contributed by atoms with Crippen LogP contribution in [0.4, 0.5) is 10.5 Å². The number of carbonyl (C=O) groups is 1. The van der Waals surface area contributed by atoms with Crippen LogP contribution in [-0.4, -0.2) is 12.6 Å². The molecule has 1 heterocycles. The van der Waals surface area contributed by atoms with Gasteiger partial charge in [-0.05, 0) is 41.0 Å².